The van der Waals surface area contributed by atoms with Gasteiger partial charge in [0.1, 0.15) is 0 Å². The molecule has 0 fully saturated rings. The minimum atomic E-state index is -5.13. The SMILES string of the molecule is C=CCCCCC(C)S(=O)(=O)C(F)(F)F. The minimum absolute atomic E-state index is 0.0374. The fraction of sp³-hybridized carbons (Fsp3) is 0.778. The van der Waals surface area contributed by atoms with Crippen LogP contribution in [0.1, 0.15) is 32.6 Å². The Labute approximate surface area is 88.1 Å². The maximum absolute atomic E-state index is 12.1. The van der Waals surface area contributed by atoms with E-state index >= 15 is 0 Å². The van der Waals surface area contributed by atoms with Gasteiger partial charge in [0, 0.05) is 0 Å². The van der Waals surface area contributed by atoms with Crippen LogP contribution in [-0.4, -0.2) is 19.2 Å². The lowest BCUT2D eigenvalue weighted by atomic mass is 10.1. The average Bonchev–Trinajstić information content (AvgIpc) is 2.10. The third-order valence-corrected chi connectivity index (χ3v) is 4.06. The second-order valence-corrected chi connectivity index (χ2v) is 5.73. The van der Waals surface area contributed by atoms with Crippen LogP contribution in [0.5, 0.6) is 0 Å². The molecule has 0 heterocycles. The Bertz CT molecular complexity index is 293. The largest absolute Gasteiger partial charge is 0.497 e. The lowest BCUT2D eigenvalue weighted by Crippen LogP contribution is -2.32. The number of unbranched alkanes of at least 4 members (excludes halogenated alkanes) is 2. The van der Waals surface area contributed by atoms with Crippen molar-refractivity contribution in [2.45, 2.75) is 43.4 Å². The van der Waals surface area contributed by atoms with Crippen LogP contribution in [0.3, 0.4) is 0 Å². The normalized spacial score (nSPS) is 14.9. The molecule has 0 rings (SSSR count). The highest BCUT2D eigenvalue weighted by atomic mass is 32.2. The first-order chi connectivity index (χ1) is 6.73. The summed E-state index contributed by atoms with van der Waals surface area (Å²) in [5, 5.41) is -1.36. The summed E-state index contributed by atoms with van der Waals surface area (Å²) in [6.45, 7) is 4.56. The maximum atomic E-state index is 12.1. The molecule has 90 valence electrons. The molecule has 0 radical (unpaired) electrons. The molecule has 0 spiro atoms. The van der Waals surface area contributed by atoms with Crippen molar-refractivity contribution >= 4 is 9.84 Å². The van der Waals surface area contributed by atoms with Crippen LogP contribution < -0.4 is 0 Å². The number of rotatable bonds is 6. The van der Waals surface area contributed by atoms with Crippen molar-refractivity contribution in [3.63, 3.8) is 0 Å². The van der Waals surface area contributed by atoms with Crippen molar-refractivity contribution in [2.75, 3.05) is 0 Å². The van der Waals surface area contributed by atoms with Gasteiger partial charge < -0.3 is 0 Å². The van der Waals surface area contributed by atoms with Gasteiger partial charge in [0.15, 0.2) is 0 Å². The van der Waals surface area contributed by atoms with E-state index in [4.69, 9.17) is 0 Å². The van der Waals surface area contributed by atoms with E-state index in [1.807, 2.05) is 0 Å². The number of halogens is 3. The molecule has 6 heteroatoms. The zero-order chi connectivity index (χ0) is 12.1. The van der Waals surface area contributed by atoms with Gasteiger partial charge in [-0.15, -0.1) is 6.58 Å². The molecular weight excluding hydrogens is 229 g/mol. The average molecular weight is 244 g/mol. The minimum Gasteiger partial charge on any atom is -0.219 e. The molecule has 0 aromatic rings. The number of allylic oxidation sites excluding steroid dienone is 1. The van der Waals surface area contributed by atoms with Gasteiger partial charge in [0.2, 0.25) is 9.84 Å². The van der Waals surface area contributed by atoms with E-state index < -0.39 is 20.6 Å². The first-order valence-corrected chi connectivity index (χ1v) is 6.19. The molecule has 0 aliphatic carbocycles. The first-order valence-electron chi connectivity index (χ1n) is 4.64. The van der Waals surface area contributed by atoms with E-state index in [9.17, 15) is 21.6 Å². The van der Waals surface area contributed by atoms with Crippen molar-refractivity contribution < 1.29 is 21.6 Å². The molecule has 0 aliphatic rings. The number of hydrogen-bond acceptors (Lipinski definition) is 2. The van der Waals surface area contributed by atoms with Crippen LogP contribution in [0.4, 0.5) is 13.2 Å². The second-order valence-electron chi connectivity index (χ2n) is 3.37. The standard InChI is InChI=1S/C9H15F3O2S/c1-3-4-5-6-7-8(2)15(13,14)9(10,11)12/h3,8H,1,4-7H2,2H3. The Morgan fingerprint density at radius 2 is 1.87 bits per heavy atom. The van der Waals surface area contributed by atoms with Gasteiger partial charge in [0.25, 0.3) is 0 Å². The zero-order valence-corrected chi connectivity index (χ0v) is 9.37. The Balaban J connectivity index is 4.22. The molecule has 1 atom stereocenters. The first kappa shape index (κ1) is 14.5. The molecule has 0 aliphatic heterocycles. The maximum Gasteiger partial charge on any atom is 0.497 e. The third kappa shape index (κ3) is 4.24. The summed E-state index contributed by atoms with van der Waals surface area (Å²) in [4.78, 5) is 0. The van der Waals surface area contributed by atoms with Gasteiger partial charge in [0.05, 0.1) is 5.25 Å². The van der Waals surface area contributed by atoms with Crippen molar-refractivity contribution in [3.8, 4) is 0 Å². The monoisotopic (exact) mass is 244 g/mol. The highest BCUT2D eigenvalue weighted by Crippen LogP contribution is 2.29. The Morgan fingerprint density at radius 3 is 2.27 bits per heavy atom. The molecule has 0 amide bonds. The topological polar surface area (TPSA) is 34.1 Å². The van der Waals surface area contributed by atoms with E-state index in [0.29, 0.717) is 19.3 Å². The van der Waals surface area contributed by atoms with Gasteiger partial charge in [-0.2, -0.15) is 13.2 Å². The predicted octanol–water partition coefficient (Wildman–Crippen LogP) is 3.06. The van der Waals surface area contributed by atoms with Crippen molar-refractivity contribution in [1.82, 2.24) is 0 Å². The smallest absolute Gasteiger partial charge is 0.219 e. The number of sulfone groups is 1. The van der Waals surface area contributed by atoms with Crippen molar-refractivity contribution in [3.05, 3.63) is 12.7 Å². The lowest BCUT2D eigenvalue weighted by Gasteiger charge is -2.14. The molecule has 0 aromatic carbocycles. The molecule has 0 aromatic heterocycles. The Morgan fingerprint density at radius 1 is 1.33 bits per heavy atom. The van der Waals surface area contributed by atoms with Crippen LogP contribution in [0.15, 0.2) is 12.7 Å². The molecule has 1 unspecified atom stereocenters. The molecule has 0 N–H and O–H groups in total. The molecule has 15 heavy (non-hydrogen) atoms. The number of alkyl halides is 3. The van der Waals surface area contributed by atoms with Crippen LogP contribution in [-0.2, 0) is 9.84 Å². The van der Waals surface area contributed by atoms with Gasteiger partial charge in [-0.3, -0.25) is 0 Å². The summed E-state index contributed by atoms with van der Waals surface area (Å²) in [7, 11) is -4.99. The summed E-state index contributed by atoms with van der Waals surface area (Å²) in [6.07, 6.45) is 3.51. The van der Waals surface area contributed by atoms with Gasteiger partial charge in [-0.1, -0.05) is 12.5 Å². The number of hydrogen-bond donors (Lipinski definition) is 0. The van der Waals surface area contributed by atoms with Gasteiger partial charge >= 0.3 is 5.51 Å². The van der Waals surface area contributed by atoms with Crippen molar-refractivity contribution in [1.29, 1.82) is 0 Å². The molecular formula is C9H15F3O2S. The quantitative estimate of drug-likeness (QED) is 0.531. The molecule has 0 saturated carbocycles. The fourth-order valence-corrected chi connectivity index (χ4v) is 2.04. The van der Waals surface area contributed by atoms with Crippen molar-refractivity contribution in [2.24, 2.45) is 0 Å². The highest BCUT2D eigenvalue weighted by Gasteiger charge is 2.48. The summed E-state index contributed by atoms with van der Waals surface area (Å²) in [5.41, 5.74) is -5.13. The summed E-state index contributed by atoms with van der Waals surface area (Å²) < 4.78 is 57.9. The third-order valence-electron chi connectivity index (χ3n) is 2.12. The molecule has 2 nitrogen and oxygen atoms in total. The molecule has 0 saturated heterocycles. The predicted molar refractivity (Wildman–Crippen MR) is 53.1 cm³/mol. The summed E-state index contributed by atoms with van der Waals surface area (Å²) in [6, 6.07) is 0. The second kappa shape index (κ2) is 5.53. The van der Waals surface area contributed by atoms with E-state index in [-0.39, 0.29) is 6.42 Å². The van der Waals surface area contributed by atoms with Crippen LogP contribution in [0.2, 0.25) is 0 Å². The summed E-state index contributed by atoms with van der Waals surface area (Å²) >= 11 is 0. The highest BCUT2D eigenvalue weighted by molar-refractivity contribution is 7.92. The van der Waals surface area contributed by atoms with Crippen LogP contribution in [0, 0.1) is 0 Å². The van der Waals surface area contributed by atoms with Gasteiger partial charge in [-0.05, 0) is 26.2 Å². The zero-order valence-electron chi connectivity index (χ0n) is 8.55. The lowest BCUT2D eigenvalue weighted by molar-refractivity contribution is -0.0444. The summed E-state index contributed by atoms with van der Waals surface area (Å²) in [5.74, 6) is 0. The Kier molecular flexibility index (Phi) is 5.34. The Hall–Kier alpha value is -0.520. The fourth-order valence-electron chi connectivity index (χ4n) is 1.10. The van der Waals surface area contributed by atoms with E-state index in [2.05, 4.69) is 6.58 Å². The molecule has 0 bridgehead atoms. The van der Waals surface area contributed by atoms with Gasteiger partial charge in [-0.25, -0.2) is 8.42 Å². The van der Waals surface area contributed by atoms with E-state index in [1.165, 1.54) is 0 Å². The van der Waals surface area contributed by atoms with E-state index in [1.54, 1.807) is 6.08 Å². The van der Waals surface area contributed by atoms with E-state index in [0.717, 1.165) is 6.92 Å². The van der Waals surface area contributed by atoms with Crippen LogP contribution in [0.25, 0.3) is 0 Å². The van der Waals surface area contributed by atoms with Crippen LogP contribution >= 0.6 is 0 Å².